The molecular weight excluding hydrogens is 455 g/mol. The summed E-state index contributed by atoms with van der Waals surface area (Å²) in [6, 6.07) is 27.3. The van der Waals surface area contributed by atoms with Crippen molar-refractivity contribution in [1.82, 2.24) is 0 Å². The van der Waals surface area contributed by atoms with Crippen LogP contribution in [0, 0.1) is 6.92 Å². The first-order valence-electron chi connectivity index (χ1n) is 10.9. The average molecular weight is 485 g/mol. The highest BCUT2D eigenvalue weighted by molar-refractivity contribution is 7.86. The van der Waals surface area contributed by atoms with Gasteiger partial charge < -0.3 is 9.47 Å². The van der Waals surface area contributed by atoms with Crippen molar-refractivity contribution < 1.29 is 22.1 Å². The minimum absolute atomic E-state index is 0.100. The highest BCUT2D eigenvalue weighted by Gasteiger charge is 2.43. The van der Waals surface area contributed by atoms with E-state index in [4.69, 9.17) is 13.7 Å². The van der Waals surface area contributed by atoms with Gasteiger partial charge >= 0.3 is 0 Å². The van der Waals surface area contributed by atoms with Crippen LogP contribution in [0.25, 0.3) is 0 Å². The monoisotopic (exact) mass is 484 g/mol. The van der Waals surface area contributed by atoms with Crippen LogP contribution in [0.3, 0.4) is 0 Å². The second-order valence-electron chi connectivity index (χ2n) is 8.55. The molecule has 1 saturated heterocycles. The van der Waals surface area contributed by atoms with Crippen LogP contribution >= 0.6 is 7.92 Å². The molecule has 1 heterocycles. The Balaban J connectivity index is 1.54. The molecule has 5 nitrogen and oxygen atoms in total. The molecule has 1 aliphatic heterocycles. The van der Waals surface area contributed by atoms with Crippen LogP contribution in [0.15, 0.2) is 89.8 Å². The molecule has 0 saturated carbocycles. The lowest BCUT2D eigenvalue weighted by Gasteiger charge is -2.24. The van der Waals surface area contributed by atoms with Crippen LogP contribution in [0.1, 0.15) is 19.4 Å². The van der Waals surface area contributed by atoms with Gasteiger partial charge in [0.1, 0.15) is 6.10 Å². The van der Waals surface area contributed by atoms with E-state index in [1.54, 1.807) is 24.3 Å². The van der Waals surface area contributed by atoms with Crippen LogP contribution in [-0.2, 0) is 23.8 Å². The summed E-state index contributed by atoms with van der Waals surface area (Å²) in [7, 11) is -4.61. The molecule has 3 aromatic rings. The van der Waals surface area contributed by atoms with Crippen molar-refractivity contribution >= 4 is 28.6 Å². The topological polar surface area (TPSA) is 61.8 Å². The molecule has 0 unspecified atom stereocenters. The van der Waals surface area contributed by atoms with E-state index in [0.717, 1.165) is 5.56 Å². The Labute approximate surface area is 197 Å². The zero-order valence-electron chi connectivity index (χ0n) is 19.0. The summed E-state index contributed by atoms with van der Waals surface area (Å²) in [6.07, 6.45) is -0.108. The van der Waals surface area contributed by atoms with Crippen molar-refractivity contribution in [2.45, 2.75) is 43.7 Å². The minimum atomic E-state index is -3.89. The highest BCUT2D eigenvalue weighted by atomic mass is 32.2. The quantitative estimate of drug-likeness (QED) is 0.351. The van der Waals surface area contributed by atoms with Gasteiger partial charge in [0.15, 0.2) is 5.79 Å². The molecule has 174 valence electrons. The lowest BCUT2D eigenvalue weighted by molar-refractivity contribution is -0.146. The van der Waals surface area contributed by atoms with Crippen molar-refractivity contribution in [3.8, 4) is 0 Å². The van der Waals surface area contributed by atoms with Crippen molar-refractivity contribution in [2.75, 3.05) is 12.8 Å². The number of rotatable bonds is 8. The lowest BCUT2D eigenvalue weighted by Crippen LogP contribution is -2.33. The van der Waals surface area contributed by atoms with E-state index < -0.39 is 29.9 Å². The average Bonchev–Trinajstić information content (AvgIpc) is 3.11. The Morgan fingerprint density at radius 3 is 1.88 bits per heavy atom. The van der Waals surface area contributed by atoms with Gasteiger partial charge in [0.25, 0.3) is 10.1 Å². The minimum Gasteiger partial charge on any atom is -0.344 e. The van der Waals surface area contributed by atoms with Crippen LogP contribution in [0.2, 0.25) is 0 Å². The van der Waals surface area contributed by atoms with Gasteiger partial charge in [-0.2, -0.15) is 8.42 Å². The zero-order valence-corrected chi connectivity index (χ0v) is 20.8. The fourth-order valence-corrected chi connectivity index (χ4v) is 7.26. The third-order valence-electron chi connectivity index (χ3n) is 5.48. The maximum absolute atomic E-state index is 12.7. The molecule has 1 aliphatic rings. The van der Waals surface area contributed by atoms with Crippen molar-refractivity contribution in [3.63, 3.8) is 0 Å². The van der Waals surface area contributed by atoms with Gasteiger partial charge in [0, 0.05) is 6.16 Å². The standard InChI is InChI=1S/C26H29O5PS/c1-20-14-16-23(17-15-20)33(27,28)29-18-24-25(31-26(2,3)30-24)19-32(21-10-6-4-7-11-21)22-12-8-5-9-13-22/h4-17,24-25H,18-19H2,1-3H3/t24-,25-/m0/s1. The smallest absolute Gasteiger partial charge is 0.297 e. The predicted molar refractivity (Wildman–Crippen MR) is 132 cm³/mol. The molecule has 2 atom stereocenters. The molecule has 0 aromatic heterocycles. The van der Waals surface area contributed by atoms with Crippen LogP contribution in [0.4, 0.5) is 0 Å². The van der Waals surface area contributed by atoms with Crippen LogP contribution in [-0.4, -0.2) is 39.2 Å². The summed E-state index contributed by atoms with van der Waals surface area (Å²) in [5, 5.41) is 2.47. The molecule has 4 rings (SSSR count). The van der Waals surface area contributed by atoms with E-state index in [0.29, 0.717) is 6.16 Å². The number of benzene rings is 3. The first kappa shape index (κ1) is 24.1. The molecular formula is C26H29O5PS. The Morgan fingerprint density at radius 1 is 0.818 bits per heavy atom. The van der Waals surface area contributed by atoms with E-state index in [2.05, 4.69) is 24.3 Å². The number of hydrogen-bond donors (Lipinski definition) is 0. The summed E-state index contributed by atoms with van der Waals surface area (Å²) in [6.45, 7) is 5.51. The van der Waals surface area contributed by atoms with Gasteiger partial charge in [0.05, 0.1) is 17.6 Å². The molecule has 3 aromatic carbocycles. The van der Waals surface area contributed by atoms with Gasteiger partial charge in [-0.25, -0.2) is 0 Å². The molecule has 1 fully saturated rings. The first-order chi connectivity index (χ1) is 15.7. The van der Waals surface area contributed by atoms with Crippen molar-refractivity contribution in [2.24, 2.45) is 0 Å². The predicted octanol–water partition coefficient (Wildman–Crippen LogP) is 4.35. The van der Waals surface area contributed by atoms with E-state index in [9.17, 15) is 8.42 Å². The molecule has 0 bridgehead atoms. The van der Waals surface area contributed by atoms with Gasteiger partial charge in [-0.3, -0.25) is 4.18 Å². The summed E-state index contributed by atoms with van der Waals surface area (Å²) in [5.41, 5.74) is 0.985. The summed E-state index contributed by atoms with van der Waals surface area (Å²) in [5.74, 6) is -0.819. The maximum Gasteiger partial charge on any atom is 0.297 e. The third-order valence-corrected chi connectivity index (χ3v) is 9.34. The second-order valence-corrected chi connectivity index (χ2v) is 12.4. The van der Waals surface area contributed by atoms with E-state index in [-0.39, 0.29) is 17.6 Å². The zero-order chi connectivity index (χ0) is 23.5. The highest BCUT2D eigenvalue weighted by Crippen LogP contribution is 2.40. The Morgan fingerprint density at radius 2 is 1.33 bits per heavy atom. The number of hydrogen-bond acceptors (Lipinski definition) is 5. The van der Waals surface area contributed by atoms with Crippen LogP contribution < -0.4 is 10.6 Å². The normalized spacial score (nSPS) is 20.2. The maximum atomic E-state index is 12.7. The molecule has 0 aliphatic carbocycles. The van der Waals surface area contributed by atoms with Crippen molar-refractivity contribution in [3.05, 3.63) is 90.5 Å². The van der Waals surface area contributed by atoms with Crippen molar-refractivity contribution in [1.29, 1.82) is 0 Å². The van der Waals surface area contributed by atoms with E-state index in [1.807, 2.05) is 57.2 Å². The number of ether oxygens (including phenoxy) is 2. The van der Waals surface area contributed by atoms with Gasteiger partial charge in [-0.05, 0) is 51.4 Å². The summed E-state index contributed by atoms with van der Waals surface area (Å²) in [4.78, 5) is 0.138. The Kier molecular flexibility index (Phi) is 7.32. The summed E-state index contributed by atoms with van der Waals surface area (Å²) >= 11 is 0. The van der Waals surface area contributed by atoms with Crippen LogP contribution in [0.5, 0.6) is 0 Å². The molecule has 0 N–H and O–H groups in total. The third kappa shape index (κ3) is 6.08. The largest absolute Gasteiger partial charge is 0.344 e. The molecule has 33 heavy (non-hydrogen) atoms. The SMILES string of the molecule is Cc1ccc(S(=O)(=O)OC[C@@H]2OC(C)(C)O[C@H]2CP(c2ccccc2)c2ccccc2)cc1. The number of aryl methyl sites for hydroxylation is 1. The Hall–Kier alpha value is -2.08. The van der Waals surface area contributed by atoms with Gasteiger partial charge in [-0.15, -0.1) is 0 Å². The molecule has 0 spiro atoms. The van der Waals surface area contributed by atoms with E-state index in [1.165, 1.54) is 10.6 Å². The fraction of sp³-hybridized carbons (Fsp3) is 0.308. The fourth-order valence-electron chi connectivity index (χ4n) is 3.89. The van der Waals surface area contributed by atoms with Gasteiger partial charge in [0.2, 0.25) is 0 Å². The molecule has 0 radical (unpaired) electrons. The molecule has 7 heteroatoms. The second kappa shape index (κ2) is 10.0. The lowest BCUT2D eigenvalue weighted by atomic mass is 10.2. The van der Waals surface area contributed by atoms with E-state index >= 15 is 0 Å². The first-order valence-corrected chi connectivity index (χ1v) is 13.9. The Bertz CT molecular complexity index is 1110. The van der Waals surface area contributed by atoms with Gasteiger partial charge in [-0.1, -0.05) is 78.4 Å². The molecule has 0 amide bonds. The summed E-state index contributed by atoms with van der Waals surface area (Å²) < 4.78 is 43.2.